The van der Waals surface area contributed by atoms with Crippen molar-refractivity contribution in [3.05, 3.63) is 29.6 Å². The number of carbonyl (C=O) groups is 1. The zero-order valence-corrected chi connectivity index (χ0v) is 10.1. The maximum absolute atomic E-state index is 13.3. The number of rotatable bonds is 4. The van der Waals surface area contributed by atoms with Gasteiger partial charge in [0.2, 0.25) is 0 Å². The molecular weight excluding hydrogens is 292 g/mol. The third kappa shape index (κ3) is 4.19. The van der Waals surface area contributed by atoms with Crippen LogP contribution in [0.1, 0.15) is 16.8 Å². The van der Waals surface area contributed by atoms with Crippen molar-refractivity contribution in [2.75, 3.05) is 5.75 Å². The Morgan fingerprint density at radius 1 is 1.26 bits per heavy atom. The highest BCUT2D eigenvalue weighted by atomic mass is 32.2. The van der Waals surface area contributed by atoms with E-state index in [1.165, 1.54) is 0 Å². The lowest BCUT2D eigenvalue weighted by molar-refractivity contribution is -0.129. The molecule has 9 heteroatoms. The molecule has 1 N–H and O–H groups in total. The van der Waals surface area contributed by atoms with Crippen molar-refractivity contribution in [2.24, 2.45) is 0 Å². The molecule has 0 fully saturated rings. The first-order valence-electron chi connectivity index (χ1n) is 4.85. The maximum Gasteiger partial charge on any atom is 0.390 e. The molecule has 106 valence electrons. The summed E-state index contributed by atoms with van der Waals surface area (Å²) in [6.07, 6.45) is -6.33. The zero-order valence-electron chi connectivity index (χ0n) is 9.24. The Hall–Kier alpha value is -1.64. The minimum atomic E-state index is -4.70. The van der Waals surface area contributed by atoms with Gasteiger partial charge in [-0.3, -0.25) is 0 Å². The van der Waals surface area contributed by atoms with E-state index in [0.717, 1.165) is 6.07 Å². The molecule has 1 rings (SSSR count). The van der Waals surface area contributed by atoms with Crippen LogP contribution in [0.4, 0.5) is 17.6 Å². The minimum absolute atomic E-state index is 0.503. The van der Waals surface area contributed by atoms with Gasteiger partial charge in [0.25, 0.3) is 0 Å². The van der Waals surface area contributed by atoms with Gasteiger partial charge >= 0.3 is 12.1 Å². The number of alkyl halides is 3. The number of carboxylic acid groups (broad SMARTS) is 1. The van der Waals surface area contributed by atoms with Crippen LogP contribution in [0.15, 0.2) is 23.1 Å². The van der Waals surface area contributed by atoms with E-state index >= 15 is 0 Å². The molecule has 0 saturated carbocycles. The molecule has 0 spiro atoms. The lowest BCUT2D eigenvalue weighted by atomic mass is 10.2. The summed E-state index contributed by atoms with van der Waals surface area (Å²) in [5, 5.41) is 8.63. The molecule has 0 aliphatic heterocycles. The van der Waals surface area contributed by atoms with Crippen LogP contribution in [0.5, 0.6) is 0 Å². The van der Waals surface area contributed by atoms with Gasteiger partial charge in [-0.25, -0.2) is 17.6 Å². The zero-order chi connectivity index (χ0) is 14.8. The Morgan fingerprint density at radius 3 is 2.32 bits per heavy atom. The van der Waals surface area contributed by atoms with Gasteiger partial charge in [0.05, 0.1) is 17.7 Å². The molecule has 0 aromatic heterocycles. The van der Waals surface area contributed by atoms with E-state index in [1.54, 1.807) is 0 Å². The van der Waals surface area contributed by atoms with Crippen molar-refractivity contribution in [3.63, 3.8) is 0 Å². The van der Waals surface area contributed by atoms with Crippen molar-refractivity contribution in [2.45, 2.75) is 17.5 Å². The number of sulfone groups is 1. The average molecular weight is 300 g/mol. The molecule has 1 aromatic rings. The molecule has 0 radical (unpaired) electrons. The Kier molecular flexibility index (Phi) is 4.18. The second-order valence-corrected chi connectivity index (χ2v) is 5.71. The molecular formula is C10H8F4O4S. The highest BCUT2D eigenvalue weighted by molar-refractivity contribution is 7.91. The van der Waals surface area contributed by atoms with Gasteiger partial charge in [-0.1, -0.05) is 0 Å². The van der Waals surface area contributed by atoms with E-state index in [2.05, 4.69) is 0 Å². The van der Waals surface area contributed by atoms with Crippen LogP contribution in [-0.4, -0.2) is 31.4 Å². The molecule has 0 heterocycles. The van der Waals surface area contributed by atoms with Crippen LogP contribution < -0.4 is 0 Å². The predicted octanol–water partition coefficient (Wildman–Crippen LogP) is 2.25. The fraction of sp³-hybridized carbons (Fsp3) is 0.300. The quantitative estimate of drug-likeness (QED) is 0.866. The predicted molar refractivity (Wildman–Crippen MR) is 56.1 cm³/mol. The summed E-state index contributed by atoms with van der Waals surface area (Å²) in [7, 11) is -4.54. The van der Waals surface area contributed by atoms with Crippen LogP contribution in [0.25, 0.3) is 0 Å². The molecule has 0 aliphatic carbocycles. The number of benzene rings is 1. The summed E-state index contributed by atoms with van der Waals surface area (Å²) < 4.78 is 72.3. The lowest BCUT2D eigenvalue weighted by Crippen LogP contribution is -2.17. The normalized spacial score (nSPS) is 12.4. The molecule has 0 aliphatic rings. The van der Waals surface area contributed by atoms with Crippen molar-refractivity contribution in [1.29, 1.82) is 0 Å². The largest absolute Gasteiger partial charge is 0.478 e. The van der Waals surface area contributed by atoms with Gasteiger partial charge in [-0.15, -0.1) is 0 Å². The average Bonchev–Trinajstić information content (AvgIpc) is 2.25. The molecule has 0 unspecified atom stereocenters. The van der Waals surface area contributed by atoms with Crippen LogP contribution in [0, 0.1) is 5.82 Å². The number of carboxylic acids is 1. The van der Waals surface area contributed by atoms with Crippen LogP contribution >= 0.6 is 0 Å². The molecule has 19 heavy (non-hydrogen) atoms. The maximum atomic E-state index is 13.3. The lowest BCUT2D eigenvalue weighted by Gasteiger charge is -2.08. The van der Waals surface area contributed by atoms with E-state index in [9.17, 15) is 30.8 Å². The van der Waals surface area contributed by atoms with Gasteiger partial charge in [0.1, 0.15) is 10.7 Å². The number of aromatic carboxylic acids is 1. The van der Waals surface area contributed by atoms with Gasteiger partial charge in [0.15, 0.2) is 9.84 Å². The Balaban J connectivity index is 3.14. The summed E-state index contributed by atoms with van der Waals surface area (Å²) in [4.78, 5) is 9.57. The molecule has 0 amide bonds. The highest BCUT2D eigenvalue weighted by Crippen LogP contribution is 2.24. The van der Waals surface area contributed by atoms with E-state index in [0.29, 0.717) is 12.1 Å². The van der Waals surface area contributed by atoms with Crippen molar-refractivity contribution in [3.8, 4) is 0 Å². The van der Waals surface area contributed by atoms with Crippen LogP contribution in [-0.2, 0) is 9.84 Å². The molecule has 0 bridgehead atoms. The van der Waals surface area contributed by atoms with Crippen LogP contribution in [0.2, 0.25) is 0 Å². The third-order valence-electron chi connectivity index (χ3n) is 2.17. The van der Waals surface area contributed by atoms with Crippen molar-refractivity contribution in [1.82, 2.24) is 0 Å². The molecule has 4 nitrogen and oxygen atoms in total. The van der Waals surface area contributed by atoms with E-state index in [-0.39, 0.29) is 0 Å². The fourth-order valence-electron chi connectivity index (χ4n) is 1.23. The van der Waals surface area contributed by atoms with Gasteiger partial charge in [0, 0.05) is 0 Å². The van der Waals surface area contributed by atoms with E-state index < -0.39 is 50.4 Å². The van der Waals surface area contributed by atoms with E-state index in [1.807, 2.05) is 0 Å². The SMILES string of the molecule is O=C(O)c1ccc(F)c(S(=O)(=O)CCC(F)(F)F)c1. The fourth-order valence-corrected chi connectivity index (χ4v) is 2.63. The summed E-state index contributed by atoms with van der Waals surface area (Å²) in [5.74, 6) is -4.13. The Labute approximate surface area is 105 Å². The monoisotopic (exact) mass is 300 g/mol. The summed E-state index contributed by atoms with van der Waals surface area (Å²) >= 11 is 0. The first-order valence-corrected chi connectivity index (χ1v) is 6.50. The molecule has 1 aromatic carbocycles. The van der Waals surface area contributed by atoms with Gasteiger partial charge < -0.3 is 5.11 Å². The highest BCUT2D eigenvalue weighted by Gasteiger charge is 2.31. The third-order valence-corrected chi connectivity index (χ3v) is 3.89. The Bertz CT molecular complexity index is 592. The van der Waals surface area contributed by atoms with E-state index in [4.69, 9.17) is 5.11 Å². The molecule has 0 atom stereocenters. The second kappa shape index (κ2) is 5.16. The summed E-state index contributed by atoms with van der Waals surface area (Å²) in [5.41, 5.74) is -0.521. The van der Waals surface area contributed by atoms with Gasteiger partial charge in [-0.05, 0) is 18.2 Å². The molecule has 0 saturated heterocycles. The number of hydrogen-bond acceptors (Lipinski definition) is 3. The number of hydrogen-bond donors (Lipinski definition) is 1. The summed E-state index contributed by atoms with van der Waals surface area (Å²) in [6, 6.07) is 1.91. The standard InChI is InChI=1S/C10H8F4O4S/c11-7-2-1-6(9(15)16)5-8(7)19(17,18)4-3-10(12,13)14/h1-2,5H,3-4H2,(H,15,16). The first-order chi connectivity index (χ1) is 8.53. The number of halogens is 4. The van der Waals surface area contributed by atoms with Gasteiger partial charge in [-0.2, -0.15) is 13.2 Å². The Morgan fingerprint density at radius 2 is 1.84 bits per heavy atom. The summed E-state index contributed by atoms with van der Waals surface area (Å²) in [6.45, 7) is 0. The second-order valence-electron chi connectivity index (χ2n) is 3.63. The first kappa shape index (κ1) is 15.4. The smallest absolute Gasteiger partial charge is 0.390 e. The topological polar surface area (TPSA) is 71.4 Å². The minimum Gasteiger partial charge on any atom is -0.478 e. The van der Waals surface area contributed by atoms with Crippen molar-refractivity contribution < 1.29 is 35.9 Å². The van der Waals surface area contributed by atoms with Crippen molar-refractivity contribution >= 4 is 15.8 Å². The van der Waals surface area contributed by atoms with Crippen LogP contribution in [0.3, 0.4) is 0 Å².